The maximum atomic E-state index is 11.0. The van der Waals surface area contributed by atoms with Crippen LogP contribution in [0.3, 0.4) is 0 Å². The van der Waals surface area contributed by atoms with Gasteiger partial charge in [-0.05, 0) is 18.6 Å². The Morgan fingerprint density at radius 2 is 2.29 bits per heavy atom. The van der Waals surface area contributed by atoms with E-state index in [1.807, 2.05) is 31.2 Å². The Morgan fingerprint density at radius 3 is 3.00 bits per heavy atom. The van der Waals surface area contributed by atoms with Gasteiger partial charge in [0, 0.05) is 28.9 Å². The summed E-state index contributed by atoms with van der Waals surface area (Å²) >= 11 is 0. The van der Waals surface area contributed by atoms with Gasteiger partial charge in [-0.25, -0.2) is 4.79 Å². The lowest BCUT2D eigenvalue weighted by Gasteiger charge is -2.15. The van der Waals surface area contributed by atoms with Gasteiger partial charge in [-0.3, -0.25) is 4.98 Å². The first-order valence-electron chi connectivity index (χ1n) is 5.54. The Labute approximate surface area is 99.3 Å². The molecule has 2 rings (SSSR count). The van der Waals surface area contributed by atoms with Crippen LogP contribution < -0.4 is 5.32 Å². The number of pyridine rings is 1. The molecule has 2 N–H and O–H groups in total. The van der Waals surface area contributed by atoms with Crippen molar-refractivity contribution in [3.8, 4) is 0 Å². The second-order valence-corrected chi connectivity index (χ2v) is 3.85. The maximum Gasteiger partial charge on any atom is 0.326 e. The number of rotatable bonds is 4. The summed E-state index contributed by atoms with van der Waals surface area (Å²) in [7, 11) is 0. The molecule has 1 unspecified atom stereocenters. The second-order valence-electron chi connectivity index (χ2n) is 3.85. The minimum absolute atomic E-state index is 0.538. The Morgan fingerprint density at radius 1 is 1.47 bits per heavy atom. The molecule has 0 radical (unpaired) electrons. The highest BCUT2D eigenvalue weighted by atomic mass is 16.4. The molecule has 4 nitrogen and oxygen atoms in total. The highest BCUT2D eigenvalue weighted by Gasteiger charge is 2.15. The maximum absolute atomic E-state index is 11.0. The van der Waals surface area contributed by atoms with Crippen LogP contribution in [-0.2, 0) is 4.79 Å². The molecule has 0 spiro atoms. The van der Waals surface area contributed by atoms with Crippen LogP contribution in [0, 0.1) is 0 Å². The van der Waals surface area contributed by atoms with Gasteiger partial charge in [-0.1, -0.05) is 19.1 Å². The topological polar surface area (TPSA) is 62.2 Å². The van der Waals surface area contributed by atoms with Crippen molar-refractivity contribution in [2.45, 2.75) is 19.4 Å². The number of carbonyl (C=O) groups is 1. The number of aliphatic carboxylic acids is 1. The summed E-state index contributed by atoms with van der Waals surface area (Å²) in [5.41, 5.74) is 0.833. The zero-order chi connectivity index (χ0) is 12.3. The average Bonchev–Trinajstić information content (AvgIpc) is 2.35. The van der Waals surface area contributed by atoms with Gasteiger partial charge in [0.15, 0.2) is 0 Å². The smallest absolute Gasteiger partial charge is 0.326 e. The number of nitrogens with zero attached hydrogens (tertiary/aromatic N) is 1. The fourth-order valence-corrected chi connectivity index (χ4v) is 1.77. The molecule has 0 aliphatic carbocycles. The highest BCUT2D eigenvalue weighted by Crippen LogP contribution is 2.23. The SMILES string of the molecule is CCC(Nc1cccc2cnccc12)C(=O)O. The molecular formula is C13H14N2O2. The standard InChI is InChI=1S/C13H14N2O2/c1-2-11(13(16)17)15-12-5-3-4-9-8-14-7-6-10(9)12/h3-8,11,15H,2H2,1H3,(H,16,17). The molecule has 88 valence electrons. The molecule has 1 heterocycles. The van der Waals surface area contributed by atoms with Crippen molar-refractivity contribution >= 4 is 22.4 Å². The van der Waals surface area contributed by atoms with E-state index in [0.29, 0.717) is 6.42 Å². The molecule has 2 aromatic rings. The number of hydrogen-bond donors (Lipinski definition) is 2. The third-order valence-electron chi connectivity index (χ3n) is 2.72. The van der Waals surface area contributed by atoms with Gasteiger partial charge < -0.3 is 10.4 Å². The molecule has 4 heteroatoms. The Balaban J connectivity index is 2.38. The van der Waals surface area contributed by atoms with E-state index in [-0.39, 0.29) is 0 Å². The quantitative estimate of drug-likeness (QED) is 0.847. The largest absolute Gasteiger partial charge is 0.480 e. The van der Waals surface area contributed by atoms with E-state index in [4.69, 9.17) is 5.11 Å². The van der Waals surface area contributed by atoms with E-state index >= 15 is 0 Å². The number of hydrogen-bond acceptors (Lipinski definition) is 3. The van der Waals surface area contributed by atoms with Crippen molar-refractivity contribution in [3.05, 3.63) is 36.7 Å². The lowest BCUT2D eigenvalue weighted by Crippen LogP contribution is -2.28. The highest BCUT2D eigenvalue weighted by molar-refractivity contribution is 5.94. The molecule has 17 heavy (non-hydrogen) atoms. The summed E-state index contributed by atoms with van der Waals surface area (Å²) < 4.78 is 0. The van der Waals surface area contributed by atoms with Crippen molar-refractivity contribution in [2.75, 3.05) is 5.32 Å². The lowest BCUT2D eigenvalue weighted by atomic mass is 10.1. The van der Waals surface area contributed by atoms with Gasteiger partial charge in [-0.15, -0.1) is 0 Å². The number of aromatic nitrogens is 1. The van der Waals surface area contributed by atoms with Crippen molar-refractivity contribution in [2.24, 2.45) is 0 Å². The fourth-order valence-electron chi connectivity index (χ4n) is 1.77. The number of benzene rings is 1. The van der Waals surface area contributed by atoms with Gasteiger partial charge in [0.2, 0.25) is 0 Å². The monoisotopic (exact) mass is 230 g/mol. The number of anilines is 1. The summed E-state index contributed by atoms with van der Waals surface area (Å²) in [6, 6.07) is 7.05. The van der Waals surface area contributed by atoms with Crippen LogP contribution in [0.4, 0.5) is 5.69 Å². The van der Waals surface area contributed by atoms with E-state index in [9.17, 15) is 4.79 Å². The Bertz CT molecular complexity index is 534. The molecule has 0 amide bonds. The summed E-state index contributed by atoms with van der Waals surface area (Å²) in [5.74, 6) is -0.835. The fraction of sp³-hybridized carbons (Fsp3) is 0.231. The van der Waals surface area contributed by atoms with Gasteiger partial charge in [-0.2, -0.15) is 0 Å². The predicted molar refractivity (Wildman–Crippen MR) is 67.1 cm³/mol. The van der Waals surface area contributed by atoms with E-state index in [2.05, 4.69) is 10.3 Å². The van der Waals surface area contributed by atoms with Crippen molar-refractivity contribution in [1.82, 2.24) is 4.98 Å². The van der Waals surface area contributed by atoms with Gasteiger partial charge in [0.05, 0.1) is 0 Å². The minimum atomic E-state index is -0.835. The molecule has 1 atom stereocenters. The minimum Gasteiger partial charge on any atom is -0.480 e. The molecule has 0 saturated heterocycles. The van der Waals surface area contributed by atoms with E-state index in [0.717, 1.165) is 16.5 Å². The molecule has 0 aliphatic rings. The van der Waals surface area contributed by atoms with Gasteiger partial charge >= 0.3 is 5.97 Å². The third kappa shape index (κ3) is 2.36. The molecule has 1 aromatic heterocycles. The Hall–Kier alpha value is -2.10. The van der Waals surface area contributed by atoms with Gasteiger partial charge in [0.1, 0.15) is 6.04 Å². The van der Waals surface area contributed by atoms with Crippen LogP contribution in [-0.4, -0.2) is 22.1 Å². The molecule has 1 aromatic carbocycles. The van der Waals surface area contributed by atoms with Crippen LogP contribution in [0.1, 0.15) is 13.3 Å². The van der Waals surface area contributed by atoms with Crippen molar-refractivity contribution in [3.63, 3.8) is 0 Å². The van der Waals surface area contributed by atoms with E-state index in [1.54, 1.807) is 12.4 Å². The number of carboxylic acid groups (broad SMARTS) is 1. The summed E-state index contributed by atoms with van der Waals surface area (Å²) in [6.45, 7) is 1.85. The number of fused-ring (bicyclic) bond motifs is 1. The molecular weight excluding hydrogens is 216 g/mol. The van der Waals surface area contributed by atoms with Crippen LogP contribution >= 0.6 is 0 Å². The zero-order valence-corrected chi connectivity index (χ0v) is 9.55. The number of nitrogens with one attached hydrogen (secondary N) is 1. The molecule has 0 bridgehead atoms. The number of carboxylic acids is 1. The van der Waals surface area contributed by atoms with Gasteiger partial charge in [0.25, 0.3) is 0 Å². The lowest BCUT2D eigenvalue weighted by molar-refractivity contribution is -0.137. The zero-order valence-electron chi connectivity index (χ0n) is 9.55. The third-order valence-corrected chi connectivity index (χ3v) is 2.72. The van der Waals surface area contributed by atoms with Crippen molar-refractivity contribution < 1.29 is 9.90 Å². The first kappa shape index (κ1) is 11.4. The van der Waals surface area contributed by atoms with Crippen LogP contribution in [0.25, 0.3) is 10.8 Å². The normalized spacial score (nSPS) is 12.3. The summed E-state index contributed by atoms with van der Waals surface area (Å²) in [4.78, 5) is 15.0. The Kier molecular flexibility index (Phi) is 3.23. The van der Waals surface area contributed by atoms with E-state index < -0.39 is 12.0 Å². The molecule has 0 saturated carbocycles. The first-order chi connectivity index (χ1) is 8.22. The first-order valence-corrected chi connectivity index (χ1v) is 5.54. The van der Waals surface area contributed by atoms with Crippen LogP contribution in [0.5, 0.6) is 0 Å². The second kappa shape index (κ2) is 4.82. The van der Waals surface area contributed by atoms with Crippen LogP contribution in [0.2, 0.25) is 0 Å². The van der Waals surface area contributed by atoms with Crippen molar-refractivity contribution in [1.29, 1.82) is 0 Å². The van der Waals surface area contributed by atoms with E-state index in [1.165, 1.54) is 0 Å². The molecule has 0 fully saturated rings. The molecule has 0 aliphatic heterocycles. The summed E-state index contributed by atoms with van der Waals surface area (Å²) in [6.07, 6.45) is 4.01. The van der Waals surface area contributed by atoms with Crippen LogP contribution in [0.15, 0.2) is 36.7 Å². The predicted octanol–water partition coefficient (Wildman–Crippen LogP) is 2.51. The average molecular weight is 230 g/mol. The summed E-state index contributed by atoms with van der Waals surface area (Å²) in [5, 5.41) is 14.1.